The van der Waals surface area contributed by atoms with E-state index in [4.69, 9.17) is 5.53 Å². The van der Waals surface area contributed by atoms with E-state index in [9.17, 15) is 0 Å². The van der Waals surface area contributed by atoms with Gasteiger partial charge >= 0.3 is 6.21 Å². The van der Waals surface area contributed by atoms with Crippen molar-refractivity contribution < 1.29 is 4.79 Å². The van der Waals surface area contributed by atoms with Gasteiger partial charge in [-0.1, -0.05) is 12.1 Å². The predicted octanol–water partition coefficient (Wildman–Crippen LogP) is 1.28. The topological polar surface area (TPSA) is 62.2 Å². The third-order valence-corrected chi connectivity index (χ3v) is 1.66. The maximum Gasteiger partial charge on any atom is 0.307 e. The molecular formula is C9H6N4. The second-order valence-corrected chi connectivity index (χ2v) is 2.53. The Hall–Kier alpha value is -2.06. The molecule has 62 valence electrons. The minimum Gasteiger partial charge on any atom is -0.361 e. The van der Waals surface area contributed by atoms with Crippen LogP contribution >= 0.6 is 0 Å². The zero-order valence-electron chi connectivity index (χ0n) is 6.75. The van der Waals surface area contributed by atoms with Crippen LogP contribution in [0.4, 0.5) is 0 Å². The molecule has 2 aromatic rings. The van der Waals surface area contributed by atoms with Gasteiger partial charge < -0.3 is 5.53 Å². The SMILES string of the molecule is [N-]=[N+]=Cc1cnc2ccccc2n1. The molecule has 0 saturated carbocycles. The van der Waals surface area contributed by atoms with Crippen molar-refractivity contribution >= 4 is 17.2 Å². The summed E-state index contributed by atoms with van der Waals surface area (Å²) in [5.41, 5.74) is 10.5. The zero-order valence-corrected chi connectivity index (χ0v) is 6.75. The molecule has 0 radical (unpaired) electrons. The van der Waals surface area contributed by atoms with Crippen molar-refractivity contribution in [3.63, 3.8) is 0 Å². The number of benzene rings is 1. The number of para-hydroxylation sites is 2. The van der Waals surface area contributed by atoms with Gasteiger partial charge in [0.25, 0.3) is 0 Å². The van der Waals surface area contributed by atoms with E-state index in [1.807, 2.05) is 24.3 Å². The summed E-state index contributed by atoms with van der Waals surface area (Å²) in [5, 5.41) is 0. The molecule has 1 aromatic heterocycles. The normalized spacial score (nSPS) is 9.54. The van der Waals surface area contributed by atoms with Crippen molar-refractivity contribution in [2.24, 2.45) is 0 Å². The van der Waals surface area contributed by atoms with Gasteiger partial charge in [0.05, 0.1) is 17.2 Å². The maximum absolute atomic E-state index is 8.29. The van der Waals surface area contributed by atoms with Crippen molar-refractivity contribution in [1.82, 2.24) is 9.97 Å². The molecule has 1 aromatic carbocycles. The molecule has 0 aliphatic rings. The van der Waals surface area contributed by atoms with E-state index in [1.165, 1.54) is 6.21 Å². The molecule has 0 bridgehead atoms. The van der Waals surface area contributed by atoms with Gasteiger partial charge in [0.1, 0.15) is 0 Å². The Kier molecular flexibility index (Phi) is 1.82. The quantitative estimate of drug-likeness (QED) is 0.367. The van der Waals surface area contributed by atoms with Crippen LogP contribution in [0.15, 0.2) is 30.5 Å². The number of hydrogen-bond donors (Lipinski definition) is 0. The Balaban J connectivity index is 2.68. The molecule has 4 heteroatoms. The molecule has 2 rings (SSSR count). The van der Waals surface area contributed by atoms with Crippen molar-refractivity contribution in [2.45, 2.75) is 0 Å². The van der Waals surface area contributed by atoms with Gasteiger partial charge in [-0.2, -0.15) is 4.79 Å². The summed E-state index contributed by atoms with van der Waals surface area (Å²) in [6.07, 6.45) is 2.81. The molecule has 0 saturated heterocycles. The van der Waals surface area contributed by atoms with E-state index in [0.29, 0.717) is 5.69 Å². The van der Waals surface area contributed by atoms with E-state index in [1.54, 1.807) is 6.20 Å². The van der Waals surface area contributed by atoms with E-state index in [0.717, 1.165) is 11.0 Å². The van der Waals surface area contributed by atoms with Gasteiger partial charge in [0, 0.05) is 0 Å². The second-order valence-electron chi connectivity index (χ2n) is 2.53. The molecule has 0 aliphatic heterocycles. The van der Waals surface area contributed by atoms with Crippen LogP contribution in [0.5, 0.6) is 0 Å². The number of hydrogen-bond acceptors (Lipinski definition) is 2. The summed E-state index contributed by atoms with van der Waals surface area (Å²) >= 11 is 0. The first-order chi connectivity index (χ1) is 6.40. The highest BCUT2D eigenvalue weighted by molar-refractivity contribution is 5.79. The lowest BCUT2D eigenvalue weighted by molar-refractivity contribution is 0.00426. The Morgan fingerprint density at radius 2 is 2.00 bits per heavy atom. The summed E-state index contributed by atoms with van der Waals surface area (Å²) in [6, 6.07) is 7.52. The molecular weight excluding hydrogens is 164 g/mol. The first-order valence-corrected chi connectivity index (χ1v) is 3.79. The van der Waals surface area contributed by atoms with Gasteiger partial charge in [-0.05, 0) is 12.1 Å². The van der Waals surface area contributed by atoms with Crippen LogP contribution in [-0.4, -0.2) is 21.0 Å². The molecule has 1 heterocycles. The van der Waals surface area contributed by atoms with Gasteiger partial charge in [-0.15, -0.1) is 0 Å². The van der Waals surface area contributed by atoms with Crippen molar-refractivity contribution in [1.29, 1.82) is 0 Å². The Bertz CT molecular complexity index is 486. The average molecular weight is 170 g/mol. The third-order valence-electron chi connectivity index (χ3n) is 1.66. The van der Waals surface area contributed by atoms with Gasteiger partial charge in [0.2, 0.25) is 0 Å². The van der Waals surface area contributed by atoms with Crippen molar-refractivity contribution in [2.75, 3.05) is 0 Å². The third kappa shape index (κ3) is 1.43. The lowest BCUT2D eigenvalue weighted by atomic mass is 10.3. The van der Waals surface area contributed by atoms with Crippen molar-refractivity contribution in [3.05, 3.63) is 41.7 Å². The van der Waals surface area contributed by atoms with Crippen LogP contribution in [-0.2, 0) is 0 Å². The molecule has 0 spiro atoms. The Morgan fingerprint density at radius 3 is 2.77 bits per heavy atom. The molecule has 0 atom stereocenters. The van der Waals surface area contributed by atoms with Crippen LogP contribution in [0, 0.1) is 0 Å². The first-order valence-electron chi connectivity index (χ1n) is 3.79. The Morgan fingerprint density at radius 1 is 1.23 bits per heavy atom. The second kappa shape index (κ2) is 3.13. The fourth-order valence-electron chi connectivity index (χ4n) is 1.09. The van der Waals surface area contributed by atoms with Gasteiger partial charge in [0.15, 0.2) is 5.69 Å². The predicted molar refractivity (Wildman–Crippen MR) is 48.3 cm³/mol. The largest absolute Gasteiger partial charge is 0.361 e. The lowest BCUT2D eigenvalue weighted by Gasteiger charge is -1.93. The van der Waals surface area contributed by atoms with Crippen LogP contribution < -0.4 is 0 Å². The molecule has 4 nitrogen and oxygen atoms in total. The molecule has 0 aliphatic carbocycles. The summed E-state index contributed by atoms with van der Waals surface area (Å²) in [5.74, 6) is 0. The number of nitrogens with zero attached hydrogens (tertiary/aromatic N) is 4. The number of fused-ring (bicyclic) bond motifs is 1. The molecule has 0 amide bonds. The fraction of sp³-hybridized carbons (Fsp3) is 0. The summed E-state index contributed by atoms with van der Waals surface area (Å²) in [4.78, 5) is 11.2. The Labute approximate surface area is 74.5 Å². The van der Waals surface area contributed by atoms with E-state index in [-0.39, 0.29) is 0 Å². The molecule has 0 fully saturated rings. The molecule has 13 heavy (non-hydrogen) atoms. The fourth-order valence-corrected chi connectivity index (χ4v) is 1.09. The highest BCUT2D eigenvalue weighted by Crippen LogP contribution is 2.06. The summed E-state index contributed by atoms with van der Waals surface area (Å²) < 4.78 is 0. The standard InChI is InChI=1S/C9H6N4/c10-12-6-7-5-11-8-3-1-2-4-9(8)13-7/h1-6H. The first kappa shape index (κ1) is 7.58. The highest BCUT2D eigenvalue weighted by atomic mass is 14.9. The van der Waals surface area contributed by atoms with E-state index < -0.39 is 0 Å². The van der Waals surface area contributed by atoms with Crippen LogP contribution in [0.2, 0.25) is 0 Å². The van der Waals surface area contributed by atoms with Gasteiger partial charge in [-0.3, -0.25) is 4.98 Å². The average Bonchev–Trinajstić information content (AvgIpc) is 2.18. The minimum absolute atomic E-state index is 0.543. The zero-order chi connectivity index (χ0) is 9.10. The van der Waals surface area contributed by atoms with Crippen LogP contribution in [0.3, 0.4) is 0 Å². The minimum atomic E-state index is 0.543. The summed E-state index contributed by atoms with van der Waals surface area (Å²) in [7, 11) is 0. The van der Waals surface area contributed by atoms with Crippen LogP contribution in [0.25, 0.3) is 16.6 Å². The maximum atomic E-state index is 8.29. The lowest BCUT2D eigenvalue weighted by Crippen LogP contribution is -1.91. The van der Waals surface area contributed by atoms with E-state index in [2.05, 4.69) is 14.8 Å². The highest BCUT2D eigenvalue weighted by Gasteiger charge is 1.98. The number of aromatic nitrogens is 2. The molecule has 0 unspecified atom stereocenters. The van der Waals surface area contributed by atoms with Crippen LogP contribution in [0.1, 0.15) is 5.69 Å². The summed E-state index contributed by atoms with van der Waals surface area (Å²) in [6.45, 7) is 0. The smallest absolute Gasteiger partial charge is 0.307 e. The molecule has 0 N–H and O–H groups in total. The number of rotatable bonds is 1. The van der Waals surface area contributed by atoms with E-state index >= 15 is 0 Å². The van der Waals surface area contributed by atoms with Crippen molar-refractivity contribution in [3.8, 4) is 0 Å². The van der Waals surface area contributed by atoms with Gasteiger partial charge in [-0.25, -0.2) is 4.98 Å². The monoisotopic (exact) mass is 170 g/mol.